The maximum atomic E-state index is 12.7. The average Bonchev–Trinajstić information content (AvgIpc) is 3.50. The van der Waals surface area contributed by atoms with Gasteiger partial charge in [0.25, 0.3) is 0 Å². The third kappa shape index (κ3) is 3.91. The molecule has 2 heterocycles. The van der Waals surface area contributed by atoms with Crippen molar-refractivity contribution in [1.82, 2.24) is 16.2 Å². The molecule has 2 unspecified atom stereocenters. The van der Waals surface area contributed by atoms with Gasteiger partial charge < -0.3 is 10.2 Å². The van der Waals surface area contributed by atoms with Crippen molar-refractivity contribution in [1.29, 1.82) is 0 Å². The number of carbonyl (C=O) groups is 1. The summed E-state index contributed by atoms with van der Waals surface area (Å²) in [5.74, 6) is 0.0360. The lowest BCUT2D eigenvalue weighted by Gasteiger charge is -2.18. The molecule has 0 spiro atoms. The van der Waals surface area contributed by atoms with Crippen molar-refractivity contribution in [2.24, 2.45) is 0 Å². The molecule has 30 heavy (non-hydrogen) atoms. The quantitative estimate of drug-likeness (QED) is 0.612. The van der Waals surface area contributed by atoms with Crippen molar-refractivity contribution >= 4 is 22.4 Å². The van der Waals surface area contributed by atoms with Gasteiger partial charge in [-0.05, 0) is 53.3 Å². The number of hydrogen-bond donors (Lipinski definition) is 3. The van der Waals surface area contributed by atoms with Crippen molar-refractivity contribution in [2.75, 3.05) is 18.0 Å². The molecule has 2 aliphatic heterocycles. The van der Waals surface area contributed by atoms with E-state index in [2.05, 4.69) is 87.8 Å². The fourth-order valence-corrected chi connectivity index (χ4v) is 4.60. The van der Waals surface area contributed by atoms with E-state index in [1.54, 1.807) is 0 Å². The lowest BCUT2D eigenvalue weighted by Crippen LogP contribution is -2.42. The Hall–Kier alpha value is -2.89. The predicted molar refractivity (Wildman–Crippen MR) is 121 cm³/mol. The van der Waals surface area contributed by atoms with Crippen LogP contribution in [0.1, 0.15) is 36.4 Å². The number of nitrogens with zero attached hydrogens (tertiary/aromatic N) is 1. The second kappa shape index (κ2) is 8.46. The zero-order chi connectivity index (χ0) is 20.3. The average molecular weight is 401 g/mol. The van der Waals surface area contributed by atoms with Gasteiger partial charge in [0.2, 0.25) is 5.91 Å². The van der Waals surface area contributed by atoms with Crippen LogP contribution in [0.3, 0.4) is 0 Å². The summed E-state index contributed by atoms with van der Waals surface area (Å²) in [6.45, 7) is 2.85. The third-order valence-corrected chi connectivity index (χ3v) is 6.29. The third-order valence-electron chi connectivity index (χ3n) is 6.29. The second-order valence-corrected chi connectivity index (χ2v) is 8.28. The molecule has 2 aliphatic rings. The summed E-state index contributed by atoms with van der Waals surface area (Å²) in [5.41, 5.74) is 10.1. The number of carbonyl (C=O) groups excluding carboxylic acids is 1. The molecule has 3 aromatic rings. The van der Waals surface area contributed by atoms with Gasteiger partial charge in [-0.2, -0.15) is 0 Å². The first kappa shape index (κ1) is 19.1. The van der Waals surface area contributed by atoms with Crippen molar-refractivity contribution in [3.05, 3.63) is 77.9 Å². The predicted octanol–water partition coefficient (Wildman–Crippen LogP) is 3.66. The van der Waals surface area contributed by atoms with Crippen LogP contribution in [-0.4, -0.2) is 25.0 Å². The monoisotopic (exact) mass is 400 g/mol. The van der Waals surface area contributed by atoms with E-state index in [0.29, 0.717) is 6.54 Å². The van der Waals surface area contributed by atoms with Crippen LogP contribution >= 0.6 is 0 Å². The molecule has 3 aromatic carbocycles. The number of benzene rings is 3. The van der Waals surface area contributed by atoms with Gasteiger partial charge >= 0.3 is 0 Å². The number of rotatable bonds is 5. The Morgan fingerprint density at radius 2 is 1.70 bits per heavy atom. The molecule has 1 amide bonds. The number of hydrazine groups is 1. The van der Waals surface area contributed by atoms with E-state index < -0.39 is 0 Å². The Bertz CT molecular complexity index is 1020. The number of nitrogens with one attached hydrogen (secondary N) is 3. The van der Waals surface area contributed by atoms with E-state index in [9.17, 15) is 4.79 Å². The van der Waals surface area contributed by atoms with Crippen LogP contribution in [0.25, 0.3) is 10.8 Å². The minimum absolute atomic E-state index is 0.0360. The highest BCUT2D eigenvalue weighted by molar-refractivity contribution is 5.87. The summed E-state index contributed by atoms with van der Waals surface area (Å²) < 4.78 is 0. The Labute approximate surface area is 177 Å². The molecule has 5 heteroatoms. The second-order valence-electron chi connectivity index (χ2n) is 8.28. The van der Waals surface area contributed by atoms with Gasteiger partial charge in [0.1, 0.15) is 6.04 Å². The lowest BCUT2D eigenvalue weighted by molar-refractivity contribution is -0.123. The molecule has 0 aliphatic carbocycles. The fourth-order valence-electron chi connectivity index (χ4n) is 4.60. The Balaban J connectivity index is 1.18. The van der Waals surface area contributed by atoms with E-state index in [1.807, 2.05) is 0 Å². The van der Waals surface area contributed by atoms with Crippen LogP contribution in [0.15, 0.2) is 66.7 Å². The summed E-state index contributed by atoms with van der Waals surface area (Å²) in [4.78, 5) is 15.1. The van der Waals surface area contributed by atoms with Crippen LogP contribution in [-0.2, 0) is 11.3 Å². The minimum Gasteiger partial charge on any atom is -0.372 e. The van der Waals surface area contributed by atoms with Crippen molar-refractivity contribution in [3.63, 3.8) is 0 Å². The summed E-state index contributed by atoms with van der Waals surface area (Å²) in [6, 6.07) is 23.2. The molecule has 5 rings (SSSR count). The van der Waals surface area contributed by atoms with Crippen LogP contribution in [0, 0.1) is 0 Å². The smallest absolute Gasteiger partial charge is 0.238 e. The maximum Gasteiger partial charge on any atom is 0.238 e. The first-order chi connectivity index (χ1) is 14.8. The molecule has 3 N–H and O–H groups in total. The first-order valence-electron chi connectivity index (χ1n) is 10.9. The van der Waals surface area contributed by atoms with Crippen LogP contribution < -0.4 is 21.1 Å². The molecule has 2 fully saturated rings. The first-order valence-corrected chi connectivity index (χ1v) is 10.9. The highest BCUT2D eigenvalue weighted by Gasteiger charge is 2.30. The molecule has 2 saturated heterocycles. The summed E-state index contributed by atoms with van der Waals surface area (Å²) in [5, 5.41) is 5.54. The molecule has 0 saturated carbocycles. The van der Waals surface area contributed by atoms with Gasteiger partial charge in [-0.1, -0.05) is 54.6 Å². The largest absolute Gasteiger partial charge is 0.372 e. The fraction of sp³-hybridized carbons (Fsp3) is 0.320. The van der Waals surface area contributed by atoms with E-state index in [1.165, 1.54) is 34.9 Å². The van der Waals surface area contributed by atoms with Gasteiger partial charge in [-0.25, -0.2) is 10.9 Å². The van der Waals surface area contributed by atoms with E-state index in [-0.39, 0.29) is 18.0 Å². The van der Waals surface area contributed by atoms with Gasteiger partial charge in [0, 0.05) is 31.4 Å². The maximum absolute atomic E-state index is 12.7. The highest BCUT2D eigenvalue weighted by atomic mass is 16.2. The summed E-state index contributed by atoms with van der Waals surface area (Å²) in [7, 11) is 0. The van der Waals surface area contributed by atoms with E-state index in [0.717, 1.165) is 25.1 Å². The normalized spacial score (nSPS) is 21.3. The molecule has 0 aromatic heterocycles. The van der Waals surface area contributed by atoms with Crippen molar-refractivity contribution in [3.8, 4) is 0 Å². The van der Waals surface area contributed by atoms with Gasteiger partial charge in [-0.15, -0.1) is 0 Å². The molecule has 0 radical (unpaired) electrons. The Kier molecular flexibility index (Phi) is 5.39. The molecule has 0 bridgehead atoms. The SMILES string of the molecule is O=C(NCc1ccc(N2CCCC2)cc1)C1CC(c2cccc3ccccc23)NN1. The molecular weight excluding hydrogens is 372 g/mol. The van der Waals surface area contributed by atoms with Crippen molar-refractivity contribution < 1.29 is 4.79 Å². The zero-order valence-corrected chi connectivity index (χ0v) is 17.1. The van der Waals surface area contributed by atoms with E-state index >= 15 is 0 Å². The molecular formula is C25H28N4O. The highest BCUT2D eigenvalue weighted by Crippen LogP contribution is 2.29. The standard InChI is InChI=1S/C25H28N4O/c30-25(26-17-18-10-12-20(13-11-18)29-14-3-4-15-29)24-16-23(27-28-24)22-9-5-7-19-6-1-2-8-21(19)22/h1-2,5-13,23-24,27-28H,3-4,14-17H2,(H,26,30). The minimum atomic E-state index is -0.238. The number of anilines is 1. The van der Waals surface area contributed by atoms with Gasteiger partial charge in [0.15, 0.2) is 0 Å². The Morgan fingerprint density at radius 1 is 0.933 bits per heavy atom. The number of amides is 1. The summed E-state index contributed by atoms with van der Waals surface area (Å²) >= 11 is 0. The van der Waals surface area contributed by atoms with Crippen LogP contribution in [0.4, 0.5) is 5.69 Å². The molecule has 2 atom stereocenters. The topological polar surface area (TPSA) is 56.4 Å². The van der Waals surface area contributed by atoms with Gasteiger partial charge in [-0.3, -0.25) is 4.79 Å². The zero-order valence-electron chi connectivity index (χ0n) is 17.1. The summed E-state index contributed by atoms with van der Waals surface area (Å²) in [6.07, 6.45) is 3.29. The molecule has 5 nitrogen and oxygen atoms in total. The number of hydrogen-bond acceptors (Lipinski definition) is 4. The van der Waals surface area contributed by atoms with Crippen LogP contribution in [0.2, 0.25) is 0 Å². The van der Waals surface area contributed by atoms with Crippen molar-refractivity contribution in [2.45, 2.75) is 37.9 Å². The van der Waals surface area contributed by atoms with E-state index in [4.69, 9.17) is 0 Å². The van der Waals surface area contributed by atoms with Gasteiger partial charge in [0.05, 0.1) is 0 Å². The van der Waals surface area contributed by atoms with Crippen LogP contribution in [0.5, 0.6) is 0 Å². The lowest BCUT2D eigenvalue weighted by atomic mass is 9.96. The Morgan fingerprint density at radius 3 is 2.53 bits per heavy atom. The molecule has 154 valence electrons. The number of fused-ring (bicyclic) bond motifs is 1.